The first-order valence-corrected chi connectivity index (χ1v) is 7.57. The molecule has 0 spiro atoms. The average Bonchev–Trinajstić information content (AvgIpc) is 2.87. The largest absolute Gasteiger partial charge is 0.366 e. The van der Waals surface area contributed by atoms with Crippen LogP contribution in [0, 0.1) is 0 Å². The number of benzene rings is 2. The van der Waals surface area contributed by atoms with Crippen molar-refractivity contribution in [3.05, 3.63) is 58.2 Å². The molecule has 7 heteroatoms. The number of amides is 2. The Kier molecular flexibility index (Phi) is 3.87. The number of anilines is 1. The second-order valence-corrected chi connectivity index (χ2v) is 6.00. The Labute approximate surface area is 140 Å². The molecule has 1 heterocycles. The van der Waals surface area contributed by atoms with E-state index in [2.05, 4.69) is 26.3 Å². The van der Waals surface area contributed by atoms with Gasteiger partial charge in [-0.2, -0.15) is 5.10 Å². The molecule has 0 aliphatic rings. The molecule has 0 saturated carbocycles. The number of hydrogen-bond donors (Lipinski definition) is 2. The van der Waals surface area contributed by atoms with E-state index in [4.69, 9.17) is 5.73 Å². The number of primary amides is 1. The molecular formula is C16H13BrN4O2. The Balaban J connectivity index is 1.92. The zero-order valence-electron chi connectivity index (χ0n) is 12.2. The number of hydrogen-bond acceptors (Lipinski definition) is 3. The lowest BCUT2D eigenvalue weighted by atomic mass is 10.1. The third-order valence-electron chi connectivity index (χ3n) is 3.38. The maximum atomic E-state index is 12.4. The summed E-state index contributed by atoms with van der Waals surface area (Å²) in [5, 5.41) is 7.85. The molecule has 6 nitrogen and oxygen atoms in total. The molecule has 0 radical (unpaired) electrons. The first kappa shape index (κ1) is 15.2. The van der Waals surface area contributed by atoms with Crippen LogP contribution in [-0.2, 0) is 7.05 Å². The van der Waals surface area contributed by atoms with Crippen LogP contribution < -0.4 is 11.1 Å². The minimum absolute atomic E-state index is 0.246. The fourth-order valence-corrected chi connectivity index (χ4v) is 2.68. The van der Waals surface area contributed by atoms with Crippen LogP contribution in [0.4, 0.5) is 5.69 Å². The van der Waals surface area contributed by atoms with Crippen LogP contribution in [-0.4, -0.2) is 21.6 Å². The van der Waals surface area contributed by atoms with Gasteiger partial charge in [0.15, 0.2) is 0 Å². The molecule has 0 bridgehead atoms. The first-order chi connectivity index (χ1) is 10.9. The van der Waals surface area contributed by atoms with Crippen LogP contribution in [0.3, 0.4) is 0 Å². The Morgan fingerprint density at radius 2 is 2.00 bits per heavy atom. The van der Waals surface area contributed by atoms with Gasteiger partial charge in [-0.25, -0.2) is 0 Å². The molecule has 116 valence electrons. The monoisotopic (exact) mass is 372 g/mol. The minimum atomic E-state index is -0.607. The normalized spacial score (nSPS) is 10.7. The highest BCUT2D eigenvalue weighted by Crippen LogP contribution is 2.22. The predicted octanol–water partition coefficient (Wildman–Crippen LogP) is 2.69. The molecule has 3 N–H and O–H groups in total. The zero-order chi connectivity index (χ0) is 16.6. The number of halogens is 1. The number of nitrogens with two attached hydrogens (primary N) is 1. The van der Waals surface area contributed by atoms with E-state index in [1.807, 2.05) is 13.2 Å². The summed E-state index contributed by atoms with van der Waals surface area (Å²) in [4.78, 5) is 23.9. The lowest BCUT2D eigenvalue weighted by molar-refractivity contribution is 0.100. The van der Waals surface area contributed by atoms with E-state index >= 15 is 0 Å². The minimum Gasteiger partial charge on any atom is -0.366 e. The van der Waals surface area contributed by atoms with Gasteiger partial charge in [0.25, 0.3) is 11.8 Å². The van der Waals surface area contributed by atoms with Gasteiger partial charge in [0.1, 0.15) is 0 Å². The number of nitrogens with one attached hydrogen (secondary N) is 1. The van der Waals surface area contributed by atoms with Gasteiger partial charge in [-0.3, -0.25) is 14.3 Å². The lowest BCUT2D eigenvalue weighted by Crippen LogP contribution is -2.18. The fourth-order valence-electron chi connectivity index (χ4n) is 2.31. The molecular weight excluding hydrogens is 360 g/mol. The van der Waals surface area contributed by atoms with Crippen molar-refractivity contribution in [2.45, 2.75) is 0 Å². The summed E-state index contributed by atoms with van der Waals surface area (Å²) in [7, 11) is 1.82. The van der Waals surface area contributed by atoms with Gasteiger partial charge in [-0.05, 0) is 36.4 Å². The van der Waals surface area contributed by atoms with E-state index < -0.39 is 5.91 Å². The topological polar surface area (TPSA) is 90.0 Å². The van der Waals surface area contributed by atoms with Crippen molar-refractivity contribution in [3.8, 4) is 0 Å². The summed E-state index contributed by atoms with van der Waals surface area (Å²) in [6, 6.07) is 10.1. The van der Waals surface area contributed by atoms with E-state index in [9.17, 15) is 9.59 Å². The Hall–Kier alpha value is -2.67. The summed E-state index contributed by atoms with van der Waals surface area (Å²) in [6.45, 7) is 0. The third-order valence-corrected chi connectivity index (χ3v) is 3.87. The summed E-state index contributed by atoms with van der Waals surface area (Å²) >= 11 is 3.28. The maximum Gasteiger partial charge on any atom is 0.255 e. The lowest BCUT2D eigenvalue weighted by Gasteiger charge is -2.09. The molecule has 0 unspecified atom stereocenters. The third kappa shape index (κ3) is 3.09. The second kappa shape index (κ2) is 5.85. The average molecular weight is 373 g/mol. The summed E-state index contributed by atoms with van der Waals surface area (Å²) in [5.41, 5.74) is 7.26. The van der Waals surface area contributed by atoms with Gasteiger partial charge < -0.3 is 11.1 Å². The molecule has 3 aromatic rings. The summed E-state index contributed by atoms with van der Waals surface area (Å²) in [5.74, 6) is -0.926. The van der Waals surface area contributed by atoms with Crippen molar-refractivity contribution in [1.29, 1.82) is 0 Å². The van der Waals surface area contributed by atoms with Gasteiger partial charge in [0, 0.05) is 28.7 Å². The van der Waals surface area contributed by atoms with E-state index in [1.165, 1.54) is 0 Å². The molecule has 0 fully saturated rings. The molecule has 0 aliphatic heterocycles. The van der Waals surface area contributed by atoms with Crippen LogP contribution in [0.15, 0.2) is 47.1 Å². The molecule has 2 aromatic carbocycles. The highest BCUT2D eigenvalue weighted by molar-refractivity contribution is 9.10. The molecule has 0 aliphatic carbocycles. The molecule has 0 saturated heterocycles. The Morgan fingerprint density at radius 3 is 2.74 bits per heavy atom. The first-order valence-electron chi connectivity index (χ1n) is 6.78. The number of aromatic nitrogens is 2. The molecule has 23 heavy (non-hydrogen) atoms. The van der Waals surface area contributed by atoms with Crippen molar-refractivity contribution >= 4 is 44.3 Å². The van der Waals surface area contributed by atoms with Gasteiger partial charge in [-0.15, -0.1) is 0 Å². The number of rotatable bonds is 3. The van der Waals surface area contributed by atoms with Crippen molar-refractivity contribution in [1.82, 2.24) is 9.78 Å². The molecule has 0 atom stereocenters. The Morgan fingerprint density at radius 1 is 1.22 bits per heavy atom. The Bertz CT molecular complexity index is 933. The second-order valence-electron chi connectivity index (χ2n) is 5.08. The van der Waals surface area contributed by atoms with Crippen LogP contribution in [0.25, 0.3) is 10.9 Å². The van der Waals surface area contributed by atoms with Gasteiger partial charge >= 0.3 is 0 Å². The highest BCUT2D eigenvalue weighted by Gasteiger charge is 2.13. The number of carbonyl (C=O) groups is 2. The van der Waals surface area contributed by atoms with Crippen molar-refractivity contribution < 1.29 is 9.59 Å². The van der Waals surface area contributed by atoms with Crippen LogP contribution in [0.5, 0.6) is 0 Å². The summed E-state index contributed by atoms with van der Waals surface area (Å²) in [6.07, 6.45) is 1.83. The highest BCUT2D eigenvalue weighted by atomic mass is 79.9. The maximum absolute atomic E-state index is 12.4. The number of fused-ring (bicyclic) bond motifs is 1. The summed E-state index contributed by atoms with van der Waals surface area (Å²) < 4.78 is 2.40. The quantitative estimate of drug-likeness (QED) is 0.740. The van der Waals surface area contributed by atoms with E-state index in [-0.39, 0.29) is 11.5 Å². The molecule has 3 rings (SSSR count). The number of nitrogens with zero attached hydrogens (tertiary/aromatic N) is 2. The van der Waals surface area contributed by atoms with Crippen LogP contribution in [0.2, 0.25) is 0 Å². The van der Waals surface area contributed by atoms with Gasteiger partial charge in [0.2, 0.25) is 0 Å². The smallest absolute Gasteiger partial charge is 0.255 e. The van der Waals surface area contributed by atoms with E-state index in [0.717, 1.165) is 10.9 Å². The number of carbonyl (C=O) groups excluding carboxylic acids is 2. The van der Waals surface area contributed by atoms with Gasteiger partial charge in [-0.1, -0.05) is 15.9 Å². The van der Waals surface area contributed by atoms with Crippen molar-refractivity contribution in [2.24, 2.45) is 12.8 Å². The number of aryl methyl sites for hydroxylation is 1. The van der Waals surface area contributed by atoms with Crippen LogP contribution >= 0.6 is 15.9 Å². The van der Waals surface area contributed by atoms with E-state index in [1.54, 1.807) is 41.1 Å². The SMILES string of the molecule is Cn1cc2cc(C(=O)Nc3ccc(Br)cc3C(N)=O)ccc2n1. The molecule has 1 aromatic heterocycles. The van der Waals surface area contributed by atoms with E-state index in [0.29, 0.717) is 15.7 Å². The molecule has 2 amide bonds. The van der Waals surface area contributed by atoms with Crippen LogP contribution in [0.1, 0.15) is 20.7 Å². The fraction of sp³-hybridized carbons (Fsp3) is 0.0625. The predicted molar refractivity (Wildman–Crippen MR) is 91.3 cm³/mol. The zero-order valence-corrected chi connectivity index (χ0v) is 13.8. The van der Waals surface area contributed by atoms with Gasteiger partial charge in [0.05, 0.1) is 16.8 Å². The standard InChI is InChI=1S/C16H13BrN4O2/c1-21-8-10-6-9(2-4-13(10)20-21)16(23)19-14-5-3-11(17)7-12(14)15(18)22/h2-8H,1H3,(H2,18,22)(H,19,23). The van der Waals surface area contributed by atoms with Crippen molar-refractivity contribution in [3.63, 3.8) is 0 Å². The van der Waals surface area contributed by atoms with Crippen molar-refractivity contribution in [2.75, 3.05) is 5.32 Å².